The van der Waals surface area contributed by atoms with Crippen LogP contribution < -0.4 is 10.6 Å². The van der Waals surface area contributed by atoms with E-state index in [1.54, 1.807) is 31.2 Å². The molecule has 0 unspecified atom stereocenters. The number of carbonyl (C=O) groups excluding carboxylic acids is 1. The van der Waals surface area contributed by atoms with E-state index in [0.29, 0.717) is 28.8 Å². The van der Waals surface area contributed by atoms with Crippen LogP contribution in [0.4, 0.5) is 5.69 Å². The van der Waals surface area contributed by atoms with Crippen LogP contribution in [0.25, 0.3) is 21.9 Å². The van der Waals surface area contributed by atoms with Gasteiger partial charge in [-0.25, -0.2) is 4.79 Å². The maximum absolute atomic E-state index is 12.5. The van der Waals surface area contributed by atoms with Gasteiger partial charge in [0.15, 0.2) is 0 Å². The van der Waals surface area contributed by atoms with Crippen molar-refractivity contribution in [2.45, 2.75) is 32.2 Å². The van der Waals surface area contributed by atoms with Gasteiger partial charge in [-0.05, 0) is 80.8 Å². The summed E-state index contributed by atoms with van der Waals surface area (Å²) in [6.45, 7) is 2.50. The van der Waals surface area contributed by atoms with Crippen LogP contribution in [0.1, 0.15) is 41.4 Å². The van der Waals surface area contributed by atoms with Gasteiger partial charge in [-0.15, -0.1) is 0 Å². The number of nitriles is 1. The van der Waals surface area contributed by atoms with Gasteiger partial charge in [-0.1, -0.05) is 0 Å². The Kier molecular flexibility index (Phi) is 6.43. The maximum atomic E-state index is 12.5. The second-order valence-electron chi connectivity index (χ2n) is 7.98. The molecule has 0 aliphatic carbocycles. The molecule has 2 aromatic heterocycles. The summed E-state index contributed by atoms with van der Waals surface area (Å²) in [4.78, 5) is 26.8. The number of carbonyl (C=O) groups is 2. The van der Waals surface area contributed by atoms with Crippen LogP contribution in [0.5, 0.6) is 0 Å². The van der Waals surface area contributed by atoms with E-state index in [0.717, 1.165) is 30.2 Å². The Morgan fingerprint density at radius 2 is 2.03 bits per heavy atom. The minimum Gasteiger partial charge on any atom is -0.475 e. The number of aromatic amines is 1. The molecule has 8 heteroatoms. The zero-order valence-corrected chi connectivity index (χ0v) is 18.1. The molecule has 0 spiro atoms. The Balaban J connectivity index is 1.24. The fraction of sp³-hybridized carbons (Fsp3) is 0.240. The van der Waals surface area contributed by atoms with E-state index in [1.807, 2.05) is 18.3 Å². The fourth-order valence-electron chi connectivity index (χ4n) is 3.78. The number of carboxylic acid groups (broad SMARTS) is 1. The molecule has 0 saturated carbocycles. The lowest BCUT2D eigenvalue weighted by Crippen LogP contribution is -2.38. The van der Waals surface area contributed by atoms with E-state index in [-0.39, 0.29) is 17.7 Å². The van der Waals surface area contributed by atoms with Gasteiger partial charge in [0.1, 0.15) is 5.58 Å². The molecule has 4 rings (SSSR count). The van der Waals surface area contributed by atoms with Crippen molar-refractivity contribution in [2.75, 3.05) is 11.9 Å². The highest BCUT2D eigenvalue weighted by molar-refractivity contribution is 5.97. The Hall–Kier alpha value is -4.09. The lowest BCUT2D eigenvalue weighted by Gasteiger charge is -2.14. The molecule has 0 saturated heterocycles. The van der Waals surface area contributed by atoms with Crippen molar-refractivity contribution >= 4 is 39.4 Å². The smallest absolute Gasteiger partial charge is 0.371 e. The molecular formula is C25H24N4O4. The van der Waals surface area contributed by atoms with Crippen molar-refractivity contribution in [3.63, 3.8) is 0 Å². The maximum Gasteiger partial charge on any atom is 0.371 e. The number of benzene rings is 2. The monoisotopic (exact) mass is 444 g/mol. The van der Waals surface area contributed by atoms with Crippen LogP contribution in [0, 0.1) is 11.3 Å². The third kappa shape index (κ3) is 5.05. The molecule has 0 aliphatic rings. The molecule has 0 bridgehead atoms. The molecule has 1 amide bonds. The molecule has 1 atom stereocenters. The minimum absolute atomic E-state index is 0.137. The molecule has 8 nitrogen and oxygen atoms in total. The lowest BCUT2D eigenvalue weighted by molar-refractivity contribution is -0.117. The molecule has 168 valence electrons. The Labute approximate surface area is 190 Å². The predicted molar refractivity (Wildman–Crippen MR) is 125 cm³/mol. The van der Waals surface area contributed by atoms with Crippen molar-refractivity contribution in [2.24, 2.45) is 0 Å². The highest BCUT2D eigenvalue weighted by atomic mass is 16.4. The molecule has 33 heavy (non-hydrogen) atoms. The molecule has 0 fully saturated rings. The highest BCUT2D eigenvalue weighted by Crippen LogP contribution is 2.23. The first kappa shape index (κ1) is 22.1. The lowest BCUT2D eigenvalue weighted by atomic mass is 10.1. The first-order valence-corrected chi connectivity index (χ1v) is 10.8. The van der Waals surface area contributed by atoms with E-state index in [1.165, 1.54) is 11.6 Å². The fourth-order valence-corrected chi connectivity index (χ4v) is 3.78. The summed E-state index contributed by atoms with van der Waals surface area (Å²) in [6, 6.07) is 13.9. The third-order valence-electron chi connectivity index (χ3n) is 5.61. The number of furan rings is 1. The number of hydrogen-bond acceptors (Lipinski definition) is 5. The van der Waals surface area contributed by atoms with Crippen molar-refractivity contribution < 1.29 is 19.1 Å². The number of hydrogen-bond donors (Lipinski definition) is 4. The van der Waals surface area contributed by atoms with Gasteiger partial charge in [-0.2, -0.15) is 5.26 Å². The summed E-state index contributed by atoms with van der Waals surface area (Å²) < 4.78 is 5.23. The SMILES string of the molecule is C[C@@H](NCCCCc1c[nH]c2ccc(C#N)cc12)C(=O)Nc1ccc2oc(C(=O)O)cc2c1. The number of unbranched alkanes of at least 4 members (excludes halogenated alkanes) is 1. The molecule has 0 aliphatic heterocycles. The number of H-pyrrole nitrogens is 1. The average Bonchev–Trinajstić information content (AvgIpc) is 3.42. The molecule has 4 aromatic rings. The highest BCUT2D eigenvalue weighted by Gasteiger charge is 2.14. The minimum atomic E-state index is -1.13. The van der Waals surface area contributed by atoms with E-state index in [2.05, 4.69) is 21.7 Å². The van der Waals surface area contributed by atoms with Gasteiger partial charge in [-0.3, -0.25) is 4.79 Å². The van der Waals surface area contributed by atoms with Gasteiger partial charge in [0.25, 0.3) is 0 Å². The second kappa shape index (κ2) is 9.59. The number of nitrogens with one attached hydrogen (secondary N) is 3. The van der Waals surface area contributed by atoms with E-state index in [4.69, 9.17) is 14.8 Å². The zero-order valence-electron chi connectivity index (χ0n) is 18.1. The Morgan fingerprint density at radius 3 is 2.82 bits per heavy atom. The van der Waals surface area contributed by atoms with Crippen LogP contribution >= 0.6 is 0 Å². The second-order valence-corrected chi connectivity index (χ2v) is 7.98. The number of fused-ring (bicyclic) bond motifs is 2. The quantitative estimate of drug-likeness (QED) is 0.283. The van der Waals surface area contributed by atoms with Gasteiger partial charge < -0.3 is 25.1 Å². The van der Waals surface area contributed by atoms with Gasteiger partial charge >= 0.3 is 5.97 Å². The number of nitrogens with zero attached hydrogens (tertiary/aromatic N) is 1. The predicted octanol–water partition coefficient (Wildman–Crippen LogP) is 4.42. The summed E-state index contributed by atoms with van der Waals surface area (Å²) in [7, 11) is 0. The van der Waals surface area contributed by atoms with E-state index < -0.39 is 5.97 Å². The summed E-state index contributed by atoms with van der Waals surface area (Å²) in [5, 5.41) is 25.9. The Morgan fingerprint density at radius 1 is 1.18 bits per heavy atom. The molecule has 0 radical (unpaired) electrons. The number of aromatic carboxylic acids is 1. The van der Waals surface area contributed by atoms with Gasteiger partial charge in [0.2, 0.25) is 11.7 Å². The van der Waals surface area contributed by atoms with E-state index in [9.17, 15) is 9.59 Å². The van der Waals surface area contributed by atoms with Crippen molar-refractivity contribution in [1.82, 2.24) is 10.3 Å². The molecular weight excluding hydrogens is 420 g/mol. The number of amides is 1. The van der Waals surface area contributed by atoms with Crippen molar-refractivity contribution in [3.8, 4) is 6.07 Å². The van der Waals surface area contributed by atoms with Gasteiger partial charge in [0.05, 0.1) is 17.7 Å². The number of carboxylic acids is 1. The molecule has 4 N–H and O–H groups in total. The summed E-state index contributed by atoms with van der Waals surface area (Å²) in [5.74, 6) is -1.44. The van der Waals surface area contributed by atoms with Crippen LogP contribution in [0.3, 0.4) is 0 Å². The van der Waals surface area contributed by atoms with Crippen LogP contribution in [0.15, 0.2) is 53.1 Å². The average molecular weight is 444 g/mol. The van der Waals surface area contributed by atoms with Crippen LogP contribution in [-0.4, -0.2) is 34.6 Å². The summed E-state index contributed by atoms with van der Waals surface area (Å²) >= 11 is 0. The third-order valence-corrected chi connectivity index (χ3v) is 5.61. The largest absolute Gasteiger partial charge is 0.475 e. The summed E-state index contributed by atoms with van der Waals surface area (Å²) in [5.41, 5.74) is 3.90. The normalized spacial score (nSPS) is 12.0. The van der Waals surface area contributed by atoms with Gasteiger partial charge in [0, 0.05) is 28.2 Å². The van der Waals surface area contributed by atoms with Crippen molar-refractivity contribution in [1.29, 1.82) is 5.26 Å². The Bertz CT molecular complexity index is 1360. The summed E-state index contributed by atoms with van der Waals surface area (Å²) in [6.07, 6.45) is 4.74. The van der Waals surface area contributed by atoms with E-state index >= 15 is 0 Å². The molecule has 2 heterocycles. The van der Waals surface area contributed by atoms with Crippen LogP contribution in [-0.2, 0) is 11.2 Å². The topological polar surface area (TPSA) is 131 Å². The number of rotatable bonds is 9. The number of aryl methyl sites for hydroxylation is 1. The zero-order chi connectivity index (χ0) is 23.4. The van der Waals surface area contributed by atoms with Crippen LogP contribution in [0.2, 0.25) is 0 Å². The first-order valence-electron chi connectivity index (χ1n) is 10.8. The molecule has 2 aromatic carbocycles. The van der Waals surface area contributed by atoms with Crippen molar-refractivity contribution in [3.05, 3.63) is 65.5 Å². The number of aromatic nitrogens is 1. The number of anilines is 1. The standard InChI is InChI=1S/C25H24N4O4/c1-15(24(30)29-19-6-8-22-18(11-19)12-23(33-22)25(31)32)27-9-3-2-4-17-14-28-21-7-5-16(13-26)10-20(17)21/h5-8,10-12,14-15,27-28H,2-4,9H2,1H3,(H,29,30)(H,31,32)/t15-/m1/s1. The first-order chi connectivity index (χ1) is 15.9.